The molecule has 2 aromatic heterocycles. The molecule has 1 fully saturated rings. The molecule has 3 aromatic carbocycles. The molecule has 0 aliphatic carbocycles. The van der Waals surface area contributed by atoms with Crippen LogP contribution in [-0.2, 0) is 13.0 Å². The van der Waals surface area contributed by atoms with Crippen LogP contribution in [0.5, 0.6) is 0 Å². The zero-order valence-electron chi connectivity index (χ0n) is 26.4. The maximum Gasteiger partial charge on any atom is 0.276 e. The van der Waals surface area contributed by atoms with Crippen LogP contribution in [0.25, 0.3) is 22.2 Å². The standard InChI is InChI=1S/C36H41FN6O2/c1-24(2)42-23-38-33(34(42)27-7-10-29(37)11-8-27)35(44)40-30-12-9-28-21-39-43(32(28)19-30)22-26-15-17-41(18-16-26)31-13-5-25(6-14-31)20-36(3,4)45/h5-14,19,21,23-24,26,45H,15-18,20,22H2,1-4H3,(H,40,44). The Morgan fingerprint density at radius 3 is 2.42 bits per heavy atom. The third kappa shape index (κ3) is 6.93. The van der Waals surface area contributed by atoms with Gasteiger partial charge in [0.2, 0.25) is 0 Å². The molecule has 0 bridgehead atoms. The molecule has 0 saturated carbocycles. The first-order valence-electron chi connectivity index (χ1n) is 15.7. The lowest BCUT2D eigenvalue weighted by Crippen LogP contribution is -2.35. The fourth-order valence-electron chi connectivity index (χ4n) is 6.24. The van der Waals surface area contributed by atoms with Crippen LogP contribution >= 0.6 is 0 Å². The molecule has 6 rings (SSSR count). The van der Waals surface area contributed by atoms with Crippen molar-refractivity contribution in [3.05, 3.63) is 96.3 Å². The van der Waals surface area contributed by atoms with Crippen LogP contribution in [0.3, 0.4) is 0 Å². The van der Waals surface area contributed by atoms with Gasteiger partial charge in [0.05, 0.1) is 29.3 Å². The number of rotatable bonds is 9. The molecule has 8 nitrogen and oxygen atoms in total. The fraction of sp³-hybridized carbons (Fsp3) is 0.361. The van der Waals surface area contributed by atoms with Crippen molar-refractivity contribution in [2.75, 3.05) is 23.3 Å². The lowest BCUT2D eigenvalue weighted by Gasteiger charge is -2.34. The summed E-state index contributed by atoms with van der Waals surface area (Å²) in [6.45, 7) is 10.5. The van der Waals surface area contributed by atoms with Gasteiger partial charge in [0, 0.05) is 54.4 Å². The molecule has 3 heterocycles. The van der Waals surface area contributed by atoms with E-state index in [4.69, 9.17) is 5.10 Å². The molecule has 0 unspecified atom stereocenters. The average molecular weight is 609 g/mol. The predicted octanol–water partition coefficient (Wildman–Crippen LogP) is 7.10. The van der Waals surface area contributed by atoms with E-state index in [1.165, 1.54) is 17.8 Å². The Morgan fingerprint density at radius 2 is 1.76 bits per heavy atom. The van der Waals surface area contributed by atoms with Crippen molar-refractivity contribution < 1.29 is 14.3 Å². The molecule has 5 aromatic rings. The Bertz CT molecular complexity index is 1780. The van der Waals surface area contributed by atoms with E-state index in [1.807, 2.05) is 61.3 Å². The molecule has 0 spiro atoms. The maximum absolute atomic E-state index is 13.6. The summed E-state index contributed by atoms with van der Waals surface area (Å²) >= 11 is 0. The molecule has 45 heavy (non-hydrogen) atoms. The molecule has 9 heteroatoms. The van der Waals surface area contributed by atoms with E-state index in [9.17, 15) is 14.3 Å². The van der Waals surface area contributed by atoms with Crippen molar-refractivity contribution in [1.82, 2.24) is 19.3 Å². The van der Waals surface area contributed by atoms with Gasteiger partial charge in [-0.3, -0.25) is 9.48 Å². The van der Waals surface area contributed by atoms with Gasteiger partial charge in [-0.15, -0.1) is 0 Å². The topological polar surface area (TPSA) is 88.2 Å². The summed E-state index contributed by atoms with van der Waals surface area (Å²) in [6.07, 6.45) is 6.30. The van der Waals surface area contributed by atoms with Crippen LogP contribution in [0.1, 0.15) is 62.6 Å². The number of hydrogen-bond acceptors (Lipinski definition) is 5. The number of hydrogen-bond donors (Lipinski definition) is 2. The Morgan fingerprint density at radius 1 is 1.04 bits per heavy atom. The number of halogens is 1. The third-order valence-electron chi connectivity index (χ3n) is 8.57. The highest BCUT2D eigenvalue weighted by Crippen LogP contribution is 2.30. The average Bonchev–Trinajstić information content (AvgIpc) is 3.63. The van der Waals surface area contributed by atoms with Crippen LogP contribution in [-0.4, -0.2) is 49.0 Å². The van der Waals surface area contributed by atoms with Crippen LogP contribution in [0.2, 0.25) is 0 Å². The Balaban J connectivity index is 1.13. The van der Waals surface area contributed by atoms with Crippen LogP contribution in [0.15, 0.2) is 79.3 Å². The molecule has 234 valence electrons. The lowest BCUT2D eigenvalue weighted by atomic mass is 9.95. The highest BCUT2D eigenvalue weighted by molar-refractivity contribution is 6.07. The van der Waals surface area contributed by atoms with Crippen molar-refractivity contribution in [2.24, 2.45) is 5.92 Å². The SMILES string of the molecule is CC(C)n1cnc(C(=O)Nc2ccc3cnn(CC4CCN(c5ccc(CC(C)(C)O)cc5)CC4)c3c2)c1-c1ccc(F)cc1. The number of benzene rings is 3. The first kappa shape index (κ1) is 30.5. The summed E-state index contributed by atoms with van der Waals surface area (Å²) in [5, 5.41) is 18.9. The first-order chi connectivity index (χ1) is 21.5. The number of aromatic nitrogens is 4. The Labute approximate surface area is 263 Å². The van der Waals surface area contributed by atoms with Crippen molar-refractivity contribution in [2.45, 2.75) is 65.1 Å². The van der Waals surface area contributed by atoms with E-state index < -0.39 is 5.60 Å². The Kier molecular flexibility index (Phi) is 8.46. The molecule has 2 N–H and O–H groups in total. The summed E-state index contributed by atoms with van der Waals surface area (Å²) in [7, 11) is 0. The minimum absolute atomic E-state index is 0.0710. The van der Waals surface area contributed by atoms with E-state index in [1.54, 1.807) is 18.5 Å². The number of fused-ring (bicyclic) bond motifs is 1. The smallest absolute Gasteiger partial charge is 0.276 e. The van der Waals surface area contributed by atoms with Gasteiger partial charge in [-0.2, -0.15) is 5.10 Å². The number of carbonyl (C=O) groups excluding carboxylic acids is 1. The van der Waals surface area contributed by atoms with Gasteiger partial charge in [0.25, 0.3) is 5.91 Å². The number of nitrogens with zero attached hydrogens (tertiary/aromatic N) is 5. The lowest BCUT2D eigenvalue weighted by molar-refractivity contribution is 0.0810. The number of nitrogens with one attached hydrogen (secondary N) is 1. The molecule has 1 aliphatic rings. The van der Waals surface area contributed by atoms with E-state index in [0.29, 0.717) is 29.4 Å². The number of imidazole rings is 1. The monoisotopic (exact) mass is 608 g/mol. The number of aliphatic hydroxyl groups is 1. The summed E-state index contributed by atoms with van der Waals surface area (Å²) in [5.41, 5.74) is 4.97. The molecule has 0 radical (unpaired) electrons. The molecular formula is C36H41FN6O2. The van der Waals surface area contributed by atoms with Gasteiger partial charge in [-0.25, -0.2) is 9.37 Å². The number of anilines is 2. The predicted molar refractivity (Wildman–Crippen MR) is 177 cm³/mol. The number of amides is 1. The second-order valence-corrected chi connectivity index (χ2v) is 13.1. The van der Waals surface area contributed by atoms with Crippen LogP contribution < -0.4 is 10.2 Å². The van der Waals surface area contributed by atoms with E-state index >= 15 is 0 Å². The molecule has 1 amide bonds. The minimum Gasteiger partial charge on any atom is -0.390 e. The van der Waals surface area contributed by atoms with Gasteiger partial charge >= 0.3 is 0 Å². The van der Waals surface area contributed by atoms with Crippen molar-refractivity contribution in [1.29, 1.82) is 0 Å². The van der Waals surface area contributed by atoms with Gasteiger partial charge in [0.15, 0.2) is 5.69 Å². The molecule has 1 aliphatic heterocycles. The van der Waals surface area contributed by atoms with Crippen LogP contribution in [0.4, 0.5) is 15.8 Å². The normalized spacial score (nSPS) is 14.4. The van der Waals surface area contributed by atoms with Gasteiger partial charge < -0.3 is 19.9 Å². The fourth-order valence-corrected chi connectivity index (χ4v) is 6.24. The largest absolute Gasteiger partial charge is 0.390 e. The van der Waals surface area contributed by atoms with E-state index in [0.717, 1.165) is 54.5 Å². The van der Waals surface area contributed by atoms with Crippen molar-refractivity contribution >= 4 is 28.2 Å². The Hall–Kier alpha value is -4.50. The summed E-state index contributed by atoms with van der Waals surface area (Å²) in [4.78, 5) is 20.4. The quantitative estimate of drug-likeness (QED) is 0.186. The second-order valence-electron chi connectivity index (χ2n) is 13.1. The summed E-state index contributed by atoms with van der Waals surface area (Å²) in [6, 6.07) is 20.6. The van der Waals surface area contributed by atoms with Gasteiger partial charge in [0.1, 0.15) is 5.82 Å². The van der Waals surface area contributed by atoms with E-state index in [-0.39, 0.29) is 17.8 Å². The number of carbonyl (C=O) groups is 1. The summed E-state index contributed by atoms with van der Waals surface area (Å²) < 4.78 is 17.6. The zero-order valence-corrected chi connectivity index (χ0v) is 26.4. The van der Waals surface area contributed by atoms with Crippen molar-refractivity contribution in [3.8, 4) is 11.3 Å². The highest BCUT2D eigenvalue weighted by Gasteiger charge is 2.23. The first-order valence-corrected chi connectivity index (χ1v) is 15.7. The highest BCUT2D eigenvalue weighted by atomic mass is 19.1. The van der Waals surface area contributed by atoms with Crippen LogP contribution in [0, 0.1) is 11.7 Å². The zero-order chi connectivity index (χ0) is 31.7. The summed E-state index contributed by atoms with van der Waals surface area (Å²) in [5.74, 6) is -0.153. The van der Waals surface area contributed by atoms with E-state index in [2.05, 4.69) is 39.5 Å². The van der Waals surface area contributed by atoms with Gasteiger partial charge in [-0.1, -0.05) is 12.1 Å². The number of piperidine rings is 1. The van der Waals surface area contributed by atoms with Crippen molar-refractivity contribution in [3.63, 3.8) is 0 Å². The maximum atomic E-state index is 13.6. The van der Waals surface area contributed by atoms with Gasteiger partial charge in [-0.05, 0) is 107 Å². The minimum atomic E-state index is -0.713. The second kappa shape index (κ2) is 12.5. The molecule has 0 atom stereocenters. The third-order valence-corrected chi connectivity index (χ3v) is 8.57. The molecule has 1 saturated heterocycles. The molecular weight excluding hydrogens is 567 g/mol.